The van der Waals surface area contributed by atoms with E-state index in [1.54, 1.807) is 21.6 Å². The first-order chi connectivity index (χ1) is 4.33. The van der Waals surface area contributed by atoms with Gasteiger partial charge in [-0.2, -0.15) is 0 Å². The first-order valence-corrected chi connectivity index (χ1v) is 4.81. The molecule has 1 rings (SSSR count). The molecule has 0 aromatic rings. The standard InChI is InChI=1S/C6H8OS2/c1-5-2-3-6(4-7)9-8-5/h2-3,7H,4H2,1H3. The van der Waals surface area contributed by atoms with E-state index in [-0.39, 0.29) is 6.61 Å². The summed E-state index contributed by atoms with van der Waals surface area (Å²) in [6.07, 6.45) is 3.98. The topological polar surface area (TPSA) is 20.2 Å². The lowest BCUT2D eigenvalue weighted by molar-refractivity contribution is 0.339. The highest BCUT2D eigenvalue weighted by Crippen LogP contribution is 2.38. The summed E-state index contributed by atoms with van der Waals surface area (Å²) in [5, 5.41) is 8.65. The van der Waals surface area contributed by atoms with Crippen LogP contribution in [0.4, 0.5) is 0 Å². The molecule has 0 spiro atoms. The molecule has 0 unspecified atom stereocenters. The van der Waals surface area contributed by atoms with Crippen molar-refractivity contribution >= 4 is 21.6 Å². The van der Waals surface area contributed by atoms with Crippen molar-refractivity contribution in [2.45, 2.75) is 6.92 Å². The summed E-state index contributed by atoms with van der Waals surface area (Å²) in [7, 11) is 3.33. The third-order valence-electron chi connectivity index (χ3n) is 0.940. The molecule has 3 heteroatoms. The lowest BCUT2D eigenvalue weighted by Gasteiger charge is -2.06. The van der Waals surface area contributed by atoms with Crippen LogP contribution in [0.1, 0.15) is 6.92 Å². The van der Waals surface area contributed by atoms with Gasteiger partial charge in [-0.05, 0) is 17.9 Å². The highest BCUT2D eigenvalue weighted by Gasteiger charge is 2.01. The van der Waals surface area contributed by atoms with Crippen LogP contribution in [0.2, 0.25) is 0 Å². The van der Waals surface area contributed by atoms with Gasteiger partial charge in [0, 0.05) is 4.91 Å². The largest absolute Gasteiger partial charge is 0.391 e. The molecule has 0 aliphatic carbocycles. The molecule has 0 amide bonds. The zero-order valence-electron chi connectivity index (χ0n) is 5.13. The summed E-state index contributed by atoms with van der Waals surface area (Å²) in [6, 6.07) is 0. The Morgan fingerprint density at radius 1 is 1.44 bits per heavy atom. The SMILES string of the molecule is CC1=CC=C(CO)SS1. The van der Waals surface area contributed by atoms with E-state index in [2.05, 4.69) is 6.92 Å². The van der Waals surface area contributed by atoms with Crippen LogP contribution in [0.5, 0.6) is 0 Å². The molecule has 0 atom stereocenters. The van der Waals surface area contributed by atoms with Crippen LogP contribution in [-0.4, -0.2) is 11.7 Å². The summed E-state index contributed by atoms with van der Waals surface area (Å²) in [6.45, 7) is 2.23. The Bertz CT molecular complexity index is 160. The first kappa shape index (κ1) is 7.25. The van der Waals surface area contributed by atoms with E-state index in [1.165, 1.54) is 4.91 Å². The summed E-state index contributed by atoms with van der Waals surface area (Å²) in [5.74, 6) is 0. The Morgan fingerprint density at radius 3 is 2.67 bits per heavy atom. The zero-order valence-corrected chi connectivity index (χ0v) is 6.76. The second-order valence-electron chi connectivity index (χ2n) is 1.74. The average molecular weight is 160 g/mol. The van der Waals surface area contributed by atoms with Crippen LogP contribution in [0.3, 0.4) is 0 Å². The van der Waals surface area contributed by atoms with Gasteiger partial charge >= 0.3 is 0 Å². The van der Waals surface area contributed by atoms with Crippen molar-refractivity contribution in [3.63, 3.8) is 0 Å². The summed E-state index contributed by atoms with van der Waals surface area (Å²) >= 11 is 0. The van der Waals surface area contributed by atoms with E-state index < -0.39 is 0 Å². The molecule has 0 saturated carbocycles. The average Bonchev–Trinajstić information content (AvgIpc) is 1.90. The van der Waals surface area contributed by atoms with Crippen molar-refractivity contribution in [1.29, 1.82) is 0 Å². The molecule has 1 aliphatic heterocycles. The number of rotatable bonds is 1. The van der Waals surface area contributed by atoms with E-state index in [9.17, 15) is 0 Å². The predicted octanol–water partition coefficient (Wildman–Crippen LogP) is 2.16. The Labute approximate surface area is 62.6 Å². The van der Waals surface area contributed by atoms with E-state index >= 15 is 0 Å². The lowest BCUT2D eigenvalue weighted by Crippen LogP contribution is -1.84. The monoisotopic (exact) mass is 160 g/mol. The predicted molar refractivity (Wildman–Crippen MR) is 44.1 cm³/mol. The van der Waals surface area contributed by atoms with Gasteiger partial charge in [0.25, 0.3) is 0 Å². The van der Waals surface area contributed by atoms with Crippen molar-refractivity contribution in [2.24, 2.45) is 0 Å². The Morgan fingerprint density at radius 2 is 2.22 bits per heavy atom. The molecule has 1 N–H and O–H groups in total. The van der Waals surface area contributed by atoms with Crippen molar-refractivity contribution in [3.05, 3.63) is 22.0 Å². The molecule has 1 aliphatic rings. The third-order valence-corrected chi connectivity index (χ3v) is 3.58. The molecular weight excluding hydrogens is 152 g/mol. The van der Waals surface area contributed by atoms with Gasteiger partial charge in [-0.3, -0.25) is 0 Å². The molecular formula is C6H8OS2. The Hall–Kier alpha value is 0.140. The second-order valence-corrected chi connectivity index (χ2v) is 4.24. The van der Waals surface area contributed by atoms with Crippen LogP contribution in [0.25, 0.3) is 0 Å². The van der Waals surface area contributed by atoms with Gasteiger partial charge in [0.2, 0.25) is 0 Å². The van der Waals surface area contributed by atoms with Crippen LogP contribution < -0.4 is 0 Å². The van der Waals surface area contributed by atoms with Crippen LogP contribution in [-0.2, 0) is 0 Å². The van der Waals surface area contributed by atoms with Gasteiger partial charge in [0.05, 0.1) is 6.61 Å². The smallest absolute Gasteiger partial charge is 0.0749 e. The van der Waals surface area contributed by atoms with Gasteiger partial charge in [0.15, 0.2) is 0 Å². The highest BCUT2D eigenvalue weighted by molar-refractivity contribution is 8.79. The number of aliphatic hydroxyl groups excluding tert-OH is 1. The van der Waals surface area contributed by atoms with Crippen LogP contribution in [0.15, 0.2) is 22.0 Å². The molecule has 0 bridgehead atoms. The fourth-order valence-corrected chi connectivity index (χ4v) is 2.21. The summed E-state index contributed by atoms with van der Waals surface area (Å²) < 4.78 is 0. The maximum atomic E-state index is 8.65. The summed E-state index contributed by atoms with van der Waals surface area (Å²) in [4.78, 5) is 2.32. The molecule has 0 saturated heterocycles. The second kappa shape index (κ2) is 3.34. The molecule has 1 heterocycles. The minimum atomic E-state index is 0.168. The minimum Gasteiger partial charge on any atom is -0.391 e. The summed E-state index contributed by atoms with van der Waals surface area (Å²) in [5.41, 5.74) is 0. The fraction of sp³-hybridized carbons (Fsp3) is 0.333. The van der Waals surface area contributed by atoms with Gasteiger partial charge in [0.1, 0.15) is 0 Å². The third kappa shape index (κ3) is 2.08. The highest BCUT2D eigenvalue weighted by atomic mass is 33.1. The molecule has 0 aromatic carbocycles. The first-order valence-electron chi connectivity index (χ1n) is 2.66. The molecule has 0 fully saturated rings. The molecule has 0 radical (unpaired) electrons. The van der Waals surface area contributed by atoms with Crippen molar-refractivity contribution < 1.29 is 5.11 Å². The van der Waals surface area contributed by atoms with E-state index in [4.69, 9.17) is 5.11 Å². The van der Waals surface area contributed by atoms with E-state index in [0.717, 1.165) is 4.91 Å². The Kier molecular flexibility index (Phi) is 2.69. The van der Waals surface area contributed by atoms with Gasteiger partial charge in [-0.15, -0.1) is 0 Å². The van der Waals surface area contributed by atoms with Crippen LogP contribution >= 0.6 is 21.6 Å². The van der Waals surface area contributed by atoms with Crippen molar-refractivity contribution in [2.75, 3.05) is 6.61 Å². The zero-order chi connectivity index (χ0) is 6.69. The normalized spacial score (nSPS) is 18.9. The lowest BCUT2D eigenvalue weighted by atomic mass is 10.4. The maximum absolute atomic E-state index is 8.65. The van der Waals surface area contributed by atoms with Gasteiger partial charge < -0.3 is 5.11 Å². The number of hydrogen-bond acceptors (Lipinski definition) is 3. The molecule has 1 nitrogen and oxygen atoms in total. The molecule has 50 valence electrons. The van der Waals surface area contributed by atoms with E-state index in [0.29, 0.717) is 0 Å². The van der Waals surface area contributed by atoms with Crippen LogP contribution in [0, 0.1) is 0 Å². The van der Waals surface area contributed by atoms with Crippen molar-refractivity contribution in [3.8, 4) is 0 Å². The van der Waals surface area contributed by atoms with Crippen molar-refractivity contribution in [1.82, 2.24) is 0 Å². The fourth-order valence-electron chi connectivity index (χ4n) is 0.464. The molecule has 0 aromatic heterocycles. The van der Waals surface area contributed by atoms with Gasteiger partial charge in [-0.25, -0.2) is 0 Å². The number of hydrogen-bond donors (Lipinski definition) is 1. The number of allylic oxidation sites excluding steroid dienone is 3. The Balaban J connectivity index is 2.59. The molecule has 9 heavy (non-hydrogen) atoms. The quantitative estimate of drug-likeness (QED) is 0.594. The maximum Gasteiger partial charge on any atom is 0.0749 e. The van der Waals surface area contributed by atoms with Gasteiger partial charge in [-0.1, -0.05) is 27.7 Å². The number of aliphatic hydroxyl groups is 1. The van der Waals surface area contributed by atoms with E-state index in [1.807, 2.05) is 12.2 Å². The minimum absolute atomic E-state index is 0.168.